The average molecular weight is 255 g/mol. The van der Waals surface area contributed by atoms with Gasteiger partial charge in [-0.3, -0.25) is 0 Å². The van der Waals surface area contributed by atoms with Gasteiger partial charge < -0.3 is 15.1 Å². The molecule has 0 spiro atoms. The quantitative estimate of drug-likeness (QED) is 0.704. The second-order valence-corrected chi connectivity index (χ2v) is 6.30. The first kappa shape index (κ1) is 15.9. The van der Waals surface area contributed by atoms with Gasteiger partial charge in [0, 0.05) is 18.1 Å². The Kier molecular flexibility index (Phi) is 7.20. The zero-order valence-corrected chi connectivity index (χ0v) is 13.1. The fourth-order valence-electron chi connectivity index (χ4n) is 2.75. The molecule has 1 aliphatic heterocycles. The third kappa shape index (κ3) is 5.68. The number of nitrogens with one attached hydrogen (secondary N) is 1. The summed E-state index contributed by atoms with van der Waals surface area (Å²) in [4.78, 5) is 5.06. The van der Waals surface area contributed by atoms with Gasteiger partial charge in [-0.15, -0.1) is 0 Å². The van der Waals surface area contributed by atoms with E-state index in [0.717, 1.165) is 12.6 Å². The number of rotatable bonds is 7. The Hall–Kier alpha value is -0.120. The lowest BCUT2D eigenvalue weighted by Gasteiger charge is -2.38. The first-order valence-corrected chi connectivity index (χ1v) is 7.64. The van der Waals surface area contributed by atoms with E-state index in [-0.39, 0.29) is 0 Å². The highest BCUT2D eigenvalue weighted by molar-refractivity contribution is 4.79. The maximum absolute atomic E-state index is 3.50. The van der Waals surface area contributed by atoms with Crippen molar-refractivity contribution in [2.24, 2.45) is 0 Å². The smallest absolute Gasteiger partial charge is 0.0119 e. The Morgan fingerprint density at radius 1 is 1.22 bits per heavy atom. The van der Waals surface area contributed by atoms with Crippen molar-refractivity contribution in [1.29, 1.82) is 0 Å². The minimum absolute atomic E-state index is 0.618. The van der Waals surface area contributed by atoms with Crippen LogP contribution >= 0.6 is 0 Å². The summed E-state index contributed by atoms with van der Waals surface area (Å²) in [5.41, 5.74) is 0. The molecule has 1 fully saturated rings. The van der Waals surface area contributed by atoms with E-state index in [1.165, 1.54) is 38.8 Å². The molecule has 0 saturated carbocycles. The van der Waals surface area contributed by atoms with Gasteiger partial charge in [-0.2, -0.15) is 0 Å². The maximum Gasteiger partial charge on any atom is 0.0119 e. The fraction of sp³-hybridized carbons (Fsp3) is 1.00. The van der Waals surface area contributed by atoms with Gasteiger partial charge in [0.25, 0.3) is 0 Å². The molecule has 0 aromatic rings. The predicted octanol–water partition coefficient (Wildman–Crippen LogP) is 2.18. The third-order valence-corrected chi connectivity index (χ3v) is 4.31. The molecule has 0 radical (unpaired) electrons. The number of likely N-dealkylation sites (tertiary alicyclic amines) is 1. The molecule has 18 heavy (non-hydrogen) atoms. The van der Waals surface area contributed by atoms with Crippen molar-refractivity contribution >= 4 is 0 Å². The molecule has 0 aromatic carbocycles. The van der Waals surface area contributed by atoms with E-state index in [1.54, 1.807) is 0 Å². The largest absolute Gasteiger partial charge is 0.315 e. The number of hydrogen-bond donors (Lipinski definition) is 1. The van der Waals surface area contributed by atoms with Crippen LogP contribution in [0.1, 0.15) is 46.5 Å². The Balaban J connectivity index is 2.17. The minimum atomic E-state index is 0.618. The number of hydrogen-bond acceptors (Lipinski definition) is 3. The van der Waals surface area contributed by atoms with Gasteiger partial charge in [0.2, 0.25) is 0 Å². The van der Waals surface area contributed by atoms with E-state index < -0.39 is 0 Å². The lowest BCUT2D eigenvalue weighted by molar-refractivity contribution is 0.109. The Bertz CT molecular complexity index is 210. The van der Waals surface area contributed by atoms with Crippen molar-refractivity contribution in [2.75, 3.05) is 33.7 Å². The van der Waals surface area contributed by atoms with E-state index in [0.29, 0.717) is 12.1 Å². The van der Waals surface area contributed by atoms with Crippen molar-refractivity contribution in [1.82, 2.24) is 15.1 Å². The van der Waals surface area contributed by atoms with Gasteiger partial charge in [0.1, 0.15) is 0 Å². The van der Waals surface area contributed by atoms with Crippen molar-refractivity contribution < 1.29 is 0 Å². The molecule has 1 atom stereocenters. The van der Waals surface area contributed by atoms with E-state index in [2.05, 4.69) is 50.0 Å². The third-order valence-electron chi connectivity index (χ3n) is 4.31. The molecule has 1 saturated heterocycles. The highest BCUT2D eigenvalue weighted by atomic mass is 15.2. The Morgan fingerprint density at radius 2 is 1.83 bits per heavy atom. The summed E-state index contributed by atoms with van der Waals surface area (Å²) in [6, 6.07) is 2.13. The molecular formula is C15H33N3. The Morgan fingerprint density at radius 3 is 2.39 bits per heavy atom. The molecule has 1 rings (SSSR count). The van der Waals surface area contributed by atoms with Crippen molar-refractivity contribution in [3.63, 3.8) is 0 Å². The molecule has 0 aromatic heterocycles. The van der Waals surface area contributed by atoms with Crippen molar-refractivity contribution in [2.45, 2.75) is 64.6 Å². The van der Waals surface area contributed by atoms with Crippen LogP contribution < -0.4 is 5.32 Å². The normalized spacial score (nSPS) is 20.8. The summed E-state index contributed by atoms with van der Waals surface area (Å²) in [7, 11) is 4.55. The molecule has 0 amide bonds. The van der Waals surface area contributed by atoms with Gasteiger partial charge in [-0.05, 0) is 66.3 Å². The molecule has 0 bridgehead atoms. The van der Waals surface area contributed by atoms with E-state index >= 15 is 0 Å². The first-order chi connectivity index (χ1) is 8.50. The van der Waals surface area contributed by atoms with Crippen LogP contribution in [-0.4, -0.2) is 61.7 Å². The van der Waals surface area contributed by atoms with Crippen molar-refractivity contribution in [3.05, 3.63) is 0 Å². The minimum Gasteiger partial charge on any atom is -0.315 e. The summed E-state index contributed by atoms with van der Waals surface area (Å²) in [5, 5.41) is 3.50. The topological polar surface area (TPSA) is 18.5 Å². The number of piperidine rings is 1. The van der Waals surface area contributed by atoms with Crippen LogP contribution in [0.3, 0.4) is 0 Å². The van der Waals surface area contributed by atoms with E-state index in [4.69, 9.17) is 0 Å². The standard InChI is InChI=1S/C15H33N3/c1-13(2)16-10-6-7-14(3)18(5)15-8-11-17(4)12-9-15/h13-16H,6-12H2,1-5H3. The zero-order chi connectivity index (χ0) is 13.5. The van der Waals surface area contributed by atoms with Gasteiger partial charge in [0.05, 0.1) is 0 Å². The molecular weight excluding hydrogens is 222 g/mol. The lowest BCUT2D eigenvalue weighted by Crippen LogP contribution is -2.45. The summed E-state index contributed by atoms with van der Waals surface area (Å²) < 4.78 is 0. The van der Waals surface area contributed by atoms with Gasteiger partial charge in [0.15, 0.2) is 0 Å². The average Bonchev–Trinajstić information content (AvgIpc) is 2.34. The highest BCUT2D eigenvalue weighted by Gasteiger charge is 2.23. The van der Waals surface area contributed by atoms with Crippen LogP contribution in [0.2, 0.25) is 0 Å². The van der Waals surface area contributed by atoms with Crippen LogP contribution in [0.25, 0.3) is 0 Å². The number of nitrogens with zero attached hydrogens (tertiary/aromatic N) is 2. The first-order valence-electron chi connectivity index (χ1n) is 7.64. The maximum atomic E-state index is 3.50. The van der Waals surface area contributed by atoms with Crippen LogP contribution in [-0.2, 0) is 0 Å². The van der Waals surface area contributed by atoms with E-state index in [1.807, 2.05) is 0 Å². The summed E-state index contributed by atoms with van der Waals surface area (Å²) in [5.74, 6) is 0. The second kappa shape index (κ2) is 8.13. The van der Waals surface area contributed by atoms with Crippen molar-refractivity contribution in [3.8, 4) is 0 Å². The predicted molar refractivity (Wildman–Crippen MR) is 80.1 cm³/mol. The molecule has 108 valence electrons. The molecule has 1 aliphatic rings. The van der Waals surface area contributed by atoms with Crippen LogP contribution in [0.15, 0.2) is 0 Å². The SMILES string of the molecule is CC(C)NCCCC(C)N(C)C1CCN(C)CC1. The van der Waals surface area contributed by atoms with Crippen LogP contribution in [0.4, 0.5) is 0 Å². The second-order valence-electron chi connectivity index (χ2n) is 6.30. The van der Waals surface area contributed by atoms with Gasteiger partial charge in [-0.1, -0.05) is 13.8 Å². The molecule has 0 aliphatic carbocycles. The molecule has 1 heterocycles. The Labute approximate surface area is 114 Å². The molecule has 3 heteroatoms. The lowest BCUT2D eigenvalue weighted by atomic mass is 10.0. The summed E-state index contributed by atoms with van der Waals surface area (Å²) in [6.07, 6.45) is 5.27. The summed E-state index contributed by atoms with van der Waals surface area (Å²) >= 11 is 0. The van der Waals surface area contributed by atoms with Gasteiger partial charge >= 0.3 is 0 Å². The van der Waals surface area contributed by atoms with E-state index in [9.17, 15) is 0 Å². The molecule has 3 nitrogen and oxygen atoms in total. The zero-order valence-electron chi connectivity index (χ0n) is 13.1. The molecule has 1 N–H and O–H groups in total. The van der Waals surface area contributed by atoms with Gasteiger partial charge in [-0.25, -0.2) is 0 Å². The van der Waals surface area contributed by atoms with Crippen LogP contribution in [0, 0.1) is 0 Å². The fourth-order valence-corrected chi connectivity index (χ4v) is 2.75. The van der Waals surface area contributed by atoms with Crippen LogP contribution in [0.5, 0.6) is 0 Å². The highest BCUT2D eigenvalue weighted by Crippen LogP contribution is 2.18. The summed E-state index contributed by atoms with van der Waals surface area (Å²) in [6.45, 7) is 10.5. The molecule has 1 unspecified atom stereocenters. The monoisotopic (exact) mass is 255 g/mol.